The van der Waals surface area contributed by atoms with Crippen molar-refractivity contribution in [2.75, 3.05) is 0 Å². The lowest BCUT2D eigenvalue weighted by Gasteiger charge is -2.08. The first-order valence-corrected chi connectivity index (χ1v) is 7.20. The molecule has 1 atom stereocenters. The predicted molar refractivity (Wildman–Crippen MR) is 76.2 cm³/mol. The lowest BCUT2D eigenvalue weighted by molar-refractivity contribution is 0.420. The molecule has 0 radical (unpaired) electrons. The van der Waals surface area contributed by atoms with Crippen molar-refractivity contribution in [3.8, 4) is 10.8 Å². The summed E-state index contributed by atoms with van der Waals surface area (Å²) in [5.74, 6) is 1.63. The molecule has 2 aromatic heterocycles. The van der Waals surface area contributed by atoms with Crippen molar-refractivity contribution >= 4 is 33.9 Å². The van der Waals surface area contributed by atoms with E-state index in [-0.39, 0.29) is 5.92 Å². The zero-order valence-electron chi connectivity index (χ0n) is 8.84. The standard InChI is InChI=1S/C12H9IN2OS/c13-9-5-3-8(4-6-9)11-14-12(16-15-11)10-2-1-7-17-10/h1-3,5-8H,4H2. The number of halogens is 1. The fraction of sp³-hybridized carbons (Fsp3) is 0.167. The van der Waals surface area contributed by atoms with Crippen LogP contribution in [0, 0.1) is 0 Å². The Morgan fingerprint density at radius 1 is 1.47 bits per heavy atom. The molecular weight excluding hydrogens is 347 g/mol. The van der Waals surface area contributed by atoms with Crippen LogP contribution in [0.2, 0.25) is 0 Å². The molecule has 0 aromatic carbocycles. The summed E-state index contributed by atoms with van der Waals surface area (Å²) in [5, 5.41) is 6.06. The van der Waals surface area contributed by atoms with Gasteiger partial charge in [0, 0.05) is 9.50 Å². The third-order valence-electron chi connectivity index (χ3n) is 2.56. The van der Waals surface area contributed by atoms with Crippen molar-refractivity contribution in [2.24, 2.45) is 0 Å². The third-order valence-corrected chi connectivity index (χ3v) is 4.22. The molecule has 0 N–H and O–H groups in total. The van der Waals surface area contributed by atoms with Gasteiger partial charge in [0.1, 0.15) is 0 Å². The number of aromatic nitrogens is 2. The van der Waals surface area contributed by atoms with Crippen molar-refractivity contribution in [2.45, 2.75) is 12.3 Å². The lowest BCUT2D eigenvalue weighted by Crippen LogP contribution is -1.99. The summed E-state index contributed by atoms with van der Waals surface area (Å²) < 4.78 is 6.55. The zero-order chi connectivity index (χ0) is 11.7. The van der Waals surface area contributed by atoms with E-state index in [0.29, 0.717) is 5.89 Å². The molecule has 86 valence electrons. The van der Waals surface area contributed by atoms with E-state index in [9.17, 15) is 0 Å². The Morgan fingerprint density at radius 3 is 3.12 bits per heavy atom. The Hall–Kier alpha value is -0.950. The largest absolute Gasteiger partial charge is 0.333 e. The highest BCUT2D eigenvalue weighted by molar-refractivity contribution is 14.1. The van der Waals surface area contributed by atoms with Crippen molar-refractivity contribution in [3.63, 3.8) is 0 Å². The molecule has 0 amide bonds. The zero-order valence-corrected chi connectivity index (χ0v) is 11.8. The molecule has 17 heavy (non-hydrogen) atoms. The fourth-order valence-corrected chi connectivity index (χ4v) is 2.78. The van der Waals surface area contributed by atoms with Crippen molar-refractivity contribution < 1.29 is 4.52 Å². The number of nitrogens with zero attached hydrogens (tertiary/aromatic N) is 2. The molecule has 1 aliphatic carbocycles. The van der Waals surface area contributed by atoms with E-state index in [2.05, 4.69) is 51.0 Å². The van der Waals surface area contributed by atoms with Crippen LogP contribution in [0.5, 0.6) is 0 Å². The van der Waals surface area contributed by atoms with Gasteiger partial charge < -0.3 is 4.52 Å². The second-order valence-electron chi connectivity index (χ2n) is 3.73. The van der Waals surface area contributed by atoms with Crippen molar-refractivity contribution in [1.82, 2.24) is 10.1 Å². The molecule has 1 aliphatic rings. The first-order chi connectivity index (χ1) is 8.33. The quantitative estimate of drug-likeness (QED) is 0.759. The van der Waals surface area contributed by atoms with E-state index in [1.54, 1.807) is 11.3 Å². The number of allylic oxidation sites excluding steroid dienone is 4. The Labute approximate surface area is 116 Å². The molecule has 2 aromatic rings. The summed E-state index contributed by atoms with van der Waals surface area (Å²) in [6, 6.07) is 3.97. The molecule has 3 rings (SSSR count). The van der Waals surface area contributed by atoms with E-state index < -0.39 is 0 Å². The molecule has 0 spiro atoms. The minimum absolute atomic E-state index is 0.242. The number of hydrogen-bond acceptors (Lipinski definition) is 4. The molecule has 2 heterocycles. The molecular formula is C12H9IN2OS. The summed E-state index contributed by atoms with van der Waals surface area (Å²) in [4.78, 5) is 5.47. The smallest absolute Gasteiger partial charge is 0.268 e. The van der Waals surface area contributed by atoms with E-state index in [1.807, 2.05) is 17.5 Å². The molecule has 3 nitrogen and oxygen atoms in total. The lowest BCUT2D eigenvalue weighted by atomic mass is 10.0. The monoisotopic (exact) mass is 356 g/mol. The van der Waals surface area contributed by atoms with Gasteiger partial charge in [-0.15, -0.1) is 11.3 Å². The van der Waals surface area contributed by atoms with Crippen LogP contribution >= 0.6 is 33.9 Å². The predicted octanol–water partition coefficient (Wildman–Crippen LogP) is 4.16. The Morgan fingerprint density at radius 2 is 2.41 bits per heavy atom. The first kappa shape index (κ1) is 11.2. The third kappa shape index (κ3) is 2.35. The molecule has 0 aliphatic heterocycles. The van der Waals surface area contributed by atoms with E-state index in [4.69, 9.17) is 4.52 Å². The summed E-state index contributed by atoms with van der Waals surface area (Å²) in [7, 11) is 0. The van der Waals surface area contributed by atoms with E-state index in [0.717, 1.165) is 17.1 Å². The molecule has 0 saturated carbocycles. The Kier molecular flexibility index (Phi) is 3.11. The molecule has 0 saturated heterocycles. The van der Waals surface area contributed by atoms with Gasteiger partial charge in [-0.05, 0) is 40.5 Å². The molecule has 0 fully saturated rings. The SMILES string of the molecule is IC1=CCC(c2noc(-c3cccs3)n2)C=C1. The summed E-state index contributed by atoms with van der Waals surface area (Å²) in [5.41, 5.74) is 0. The van der Waals surface area contributed by atoms with Crippen LogP contribution in [-0.2, 0) is 0 Å². The molecule has 1 unspecified atom stereocenters. The first-order valence-electron chi connectivity index (χ1n) is 5.24. The summed E-state index contributed by atoms with van der Waals surface area (Å²) >= 11 is 3.92. The van der Waals surface area contributed by atoms with Gasteiger partial charge in [-0.3, -0.25) is 0 Å². The van der Waals surface area contributed by atoms with Crippen molar-refractivity contribution in [3.05, 3.63) is 45.1 Å². The maximum Gasteiger partial charge on any atom is 0.268 e. The van der Waals surface area contributed by atoms with Crippen LogP contribution in [-0.4, -0.2) is 10.1 Å². The Bertz CT molecular complexity index is 571. The average molecular weight is 356 g/mol. The van der Waals surface area contributed by atoms with Gasteiger partial charge >= 0.3 is 0 Å². The number of hydrogen-bond donors (Lipinski definition) is 0. The molecule has 0 bridgehead atoms. The van der Waals surface area contributed by atoms with Gasteiger partial charge in [0.05, 0.1) is 4.88 Å². The Balaban J connectivity index is 1.84. The minimum Gasteiger partial charge on any atom is -0.333 e. The second kappa shape index (κ2) is 4.73. The highest BCUT2D eigenvalue weighted by Gasteiger charge is 2.18. The van der Waals surface area contributed by atoms with E-state index in [1.165, 1.54) is 3.58 Å². The van der Waals surface area contributed by atoms with Gasteiger partial charge in [-0.1, -0.05) is 29.5 Å². The normalized spacial score (nSPS) is 19.4. The minimum atomic E-state index is 0.242. The average Bonchev–Trinajstić information content (AvgIpc) is 3.00. The van der Waals surface area contributed by atoms with Gasteiger partial charge in [-0.2, -0.15) is 4.98 Å². The van der Waals surface area contributed by atoms with Gasteiger partial charge in [0.15, 0.2) is 5.82 Å². The maximum atomic E-state index is 5.28. The van der Waals surface area contributed by atoms with Crippen LogP contribution in [0.1, 0.15) is 18.2 Å². The van der Waals surface area contributed by atoms with Crippen LogP contribution < -0.4 is 0 Å². The van der Waals surface area contributed by atoms with Crippen molar-refractivity contribution in [1.29, 1.82) is 0 Å². The van der Waals surface area contributed by atoms with Crippen LogP contribution in [0.4, 0.5) is 0 Å². The van der Waals surface area contributed by atoms with Crippen LogP contribution in [0.15, 0.2) is 43.8 Å². The van der Waals surface area contributed by atoms with Gasteiger partial charge in [0.25, 0.3) is 5.89 Å². The van der Waals surface area contributed by atoms with Gasteiger partial charge in [0.2, 0.25) is 0 Å². The van der Waals surface area contributed by atoms with E-state index >= 15 is 0 Å². The summed E-state index contributed by atoms with van der Waals surface area (Å²) in [6.07, 6.45) is 7.35. The van der Waals surface area contributed by atoms with Crippen LogP contribution in [0.3, 0.4) is 0 Å². The maximum absolute atomic E-state index is 5.28. The highest BCUT2D eigenvalue weighted by Crippen LogP contribution is 2.29. The number of rotatable bonds is 2. The van der Waals surface area contributed by atoms with Crippen LogP contribution in [0.25, 0.3) is 10.8 Å². The fourth-order valence-electron chi connectivity index (χ4n) is 1.67. The summed E-state index contributed by atoms with van der Waals surface area (Å²) in [6.45, 7) is 0. The highest BCUT2D eigenvalue weighted by atomic mass is 127. The number of thiophene rings is 1. The molecule has 5 heteroatoms. The topological polar surface area (TPSA) is 38.9 Å². The van der Waals surface area contributed by atoms with Gasteiger partial charge in [-0.25, -0.2) is 0 Å². The second-order valence-corrected chi connectivity index (χ2v) is 5.92.